The van der Waals surface area contributed by atoms with Gasteiger partial charge in [-0.05, 0) is 51.7 Å². The zero-order valence-corrected chi connectivity index (χ0v) is 14.4. The van der Waals surface area contributed by atoms with E-state index in [1.807, 2.05) is 39.8 Å². The third-order valence-corrected chi connectivity index (χ3v) is 3.92. The average molecular weight is 307 g/mol. The molecule has 0 aliphatic heterocycles. The molecule has 4 nitrogen and oxygen atoms in total. The van der Waals surface area contributed by atoms with Gasteiger partial charge in [0.25, 0.3) is 0 Å². The molecule has 124 valence electrons. The lowest BCUT2D eigenvalue weighted by Gasteiger charge is -2.32. The third kappa shape index (κ3) is 5.68. The van der Waals surface area contributed by atoms with Crippen LogP contribution in [0, 0.1) is 12.3 Å². The van der Waals surface area contributed by atoms with Crippen LogP contribution in [0.2, 0.25) is 0 Å². The normalized spacial score (nSPS) is 14.3. The first-order valence-corrected chi connectivity index (χ1v) is 7.83. The highest BCUT2D eigenvalue weighted by Crippen LogP contribution is 2.27. The van der Waals surface area contributed by atoms with Crippen molar-refractivity contribution in [3.05, 3.63) is 35.4 Å². The van der Waals surface area contributed by atoms with Crippen LogP contribution in [-0.4, -0.2) is 30.0 Å². The number of alkyl carbamates (subject to hydrolysis) is 1. The molecule has 0 saturated carbocycles. The maximum Gasteiger partial charge on any atom is 0.407 e. The van der Waals surface area contributed by atoms with E-state index >= 15 is 0 Å². The summed E-state index contributed by atoms with van der Waals surface area (Å²) in [5.74, 6) is 0. The SMILES string of the molecule is CCC(CO)(CNC(=O)OC(C)(C)C)Cc1ccccc1C. The number of aryl methyl sites for hydroxylation is 1. The van der Waals surface area contributed by atoms with Gasteiger partial charge in [-0.3, -0.25) is 0 Å². The summed E-state index contributed by atoms with van der Waals surface area (Å²) in [6.45, 7) is 10.0. The first kappa shape index (κ1) is 18.5. The molecular formula is C18H29NO3. The Morgan fingerprint density at radius 1 is 1.27 bits per heavy atom. The maximum absolute atomic E-state index is 11.8. The summed E-state index contributed by atoms with van der Waals surface area (Å²) in [6.07, 6.45) is 1.05. The first-order valence-electron chi connectivity index (χ1n) is 7.83. The lowest BCUT2D eigenvalue weighted by atomic mass is 9.79. The highest BCUT2D eigenvalue weighted by molar-refractivity contribution is 5.67. The number of carbonyl (C=O) groups is 1. The van der Waals surface area contributed by atoms with E-state index in [4.69, 9.17) is 4.74 Å². The molecule has 1 amide bonds. The van der Waals surface area contributed by atoms with E-state index in [1.165, 1.54) is 11.1 Å². The molecule has 1 aromatic rings. The van der Waals surface area contributed by atoms with Crippen molar-refractivity contribution in [3.8, 4) is 0 Å². The predicted octanol–water partition coefficient (Wildman–Crippen LogP) is 3.45. The molecule has 0 fully saturated rings. The van der Waals surface area contributed by atoms with Crippen LogP contribution in [0.15, 0.2) is 24.3 Å². The smallest absolute Gasteiger partial charge is 0.407 e. The van der Waals surface area contributed by atoms with Crippen LogP contribution in [0.25, 0.3) is 0 Å². The Kier molecular flexibility index (Phi) is 6.42. The van der Waals surface area contributed by atoms with Gasteiger partial charge in [-0.15, -0.1) is 0 Å². The molecule has 1 unspecified atom stereocenters. The van der Waals surface area contributed by atoms with Gasteiger partial charge in [0.2, 0.25) is 0 Å². The van der Waals surface area contributed by atoms with Gasteiger partial charge in [0.05, 0.1) is 6.61 Å². The molecule has 2 N–H and O–H groups in total. The van der Waals surface area contributed by atoms with Crippen molar-refractivity contribution in [2.75, 3.05) is 13.2 Å². The first-order chi connectivity index (χ1) is 10.2. The number of amides is 1. The fourth-order valence-corrected chi connectivity index (χ4v) is 2.32. The molecule has 0 aliphatic rings. The Bertz CT molecular complexity index is 487. The number of nitrogens with one attached hydrogen (secondary N) is 1. The number of ether oxygens (including phenoxy) is 1. The van der Waals surface area contributed by atoms with Gasteiger partial charge in [-0.1, -0.05) is 31.2 Å². The van der Waals surface area contributed by atoms with Crippen molar-refractivity contribution in [2.24, 2.45) is 5.41 Å². The van der Waals surface area contributed by atoms with Gasteiger partial charge in [-0.2, -0.15) is 0 Å². The third-order valence-electron chi connectivity index (χ3n) is 3.92. The topological polar surface area (TPSA) is 58.6 Å². The van der Waals surface area contributed by atoms with Crippen molar-refractivity contribution < 1.29 is 14.6 Å². The fraction of sp³-hybridized carbons (Fsp3) is 0.611. The van der Waals surface area contributed by atoms with Gasteiger partial charge in [0, 0.05) is 12.0 Å². The number of aliphatic hydroxyl groups excluding tert-OH is 1. The van der Waals surface area contributed by atoms with Gasteiger partial charge in [0.15, 0.2) is 0 Å². The monoisotopic (exact) mass is 307 g/mol. The van der Waals surface area contributed by atoms with E-state index in [0.29, 0.717) is 6.54 Å². The minimum atomic E-state index is -0.520. The van der Waals surface area contributed by atoms with E-state index in [9.17, 15) is 9.90 Å². The summed E-state index contributed by atoms with van der Waals surface area (Å²) in [5, 5.41) is 12.7. The van der Waals surface area contributed by atoms with Crippen LogP contribution in [0.4, 0.5) is 4.79 Å². The maximum atomic E-state index is 11.8. The molecule has 1 aromatic carbocycles. The Hall–Kier alpha value is -1.55. The second kappa shape index (κ2) is 7.63. The van der Waals surface area contributed by atoms with Gasteiger partial charge in [0.1, 0.15) is 5.60 Å². The van der Waals surface area contributed by atoms with Crippen LogP contribution in [0.1, 0.15) is 45.2 Å². The van der Waals surface area contributed by atoms with E-state index < -0.39 is 11.7 Å². The van der Waals surface area contributed by atoms with Crippen molar-refractivity contribution >= 4 is 6.09 Å². The molecule has 4 heteroatoms. The van der Waals surface area contributed by atoms with E-state index in [-0.39, 0.29) is 12.0 Å². The zero-order valence-electron chi connectivity index (χ0n) is 14.4. The standard InChI is InChI=1S/C18H29NO3/c1-6-18(13-20,11-15-10-8-7-9-14(15)2)12-19-16(21)22-17(3,4)5/h7-10,20H,6,11-13H2,1-5H3,(H,19,21). The number of carbonyl (C=O) groups excluding carboxylic acids is 1. The molecule has 0 spiro atoms. The van der Waals surface area contributed by atoms with Gasteiger partial charge in [-0.25, -0.2) is 4.79 Å². The van der Waals surface area contributed by atoms with Crippen LogP contribution in [-0.2, 0) is 11.2 Å². The Morgan fingerprint density at radius 3 is 2.41 bits per heavy atom. The second-order valence-corrected chi connectivity index (χ2v) is 6.97. The summed E-state index contributed by atoms with van der Waals surface area (Å²) in [4.78, 5) is 11.8. The summed E-state index contributed by atoms with van der Waals surface area (Å²) >= 11 is 0. The number of rotatable bonds is 6. The Labute approximate surface area is 133 Å². The van der Waals surface area contributed by atoms with Crippen LogP contribution in [0.5, 0.6) is 0 Å². The van der Waals surface area contributed by atoms with Crippen molar-refractivity contribution in [1.82, 2.24) is 5.32 Å². The van der Waals surface area contributed by atoms with E-state index in [2.05, 4.69) is 24.4 Å². The quantitative estimate of drug-likeness (QED) is 0.846. The minimum Gasteiger partial charge on any atom is -0.444 e. The van der Waals surface area contributed by atoms with Crippen molar-refractivity contribution in [3.63, 3.8) is 0 Å². The zero-order chi connectivity index (χ0) is 16.8. The summed E-state index contributed by atoms with van der Waals surface area (Å²) in [6, 6.07) is 8.14. The number of aliphatic hydroxyl groups is 1. The van der Waals surface area contributed by atoms with Crippen LogP contribution in [0.3, 0.4) is 0 Å². The Balaban J connectivity index is 2.75. The largest absolute Gasteiger partial charge is 0.444 e. The number of hydrogen-bond acceptors (Lipinski definition) is 3. The molecule has 22 heavy (non-hydrogen) atoms. The highest BCUT2D eigenvalue weighted by atomic mass is 16.6. The molecule has 0 aromatic heterocycles. The van der Waals surface area contributed by atoms with E-state index in [1.54, 1.807) is 0 Å². The van der Waals surface area contributed by atoms with Gasteiger partial charge < -0.3 is 15.2 Å². The number of benzene rings is 1. The van der Waals surface area contributed by atoms with Crippen molar-refractivity contribution in [1.29, 1.82) is 0 Å². The molecular weight excluding hydrogens is 278 g/mol. The molecule has 1 rings (SSSR count). The van der Waals surface area contributed by atoms with Crippen LogP contribution >= 0.6 is 0 Å². The van der Waals surface area contributed by atoms with Crippen molar-refractivity contribution in [2.45, 2.75) is 53.1 Å². The fourth-order valence-electron chi connectivity index (χ4n) is 2.32. The molecule has 0 radical (unpaired) electrons. The second-order valence-electron chi connectivity index (χ2n) is 6.97. The van der Waals surface area contributed by atoms with Crippen LogP contribution < -0.4 is 5.32 Å². The lowest BCUT2D eigenvalue weighted by molar-refractivity contribution is 0.0461. The molecule has 0 heterocycles. The molecule has 0 bridgehead atoms. The lowest BCUT2D eigenvalue weighted by Crippen LogP contribution is -2.43. The average Bonchev–Trinajstić information content (AvgIpc) is 2.44. The summed E-state index contributed by atoms with van der Waals surface area (Å²) < 4.78 is 5.26. The van der Waals surface area contributed by atoms with E-state index in [0.717, 1.165) is 12.8 Å². The predicted molar refractivity (Wildman–Crippen MR) is 88.9 cm³/mol. The number of hydrogen-bond donors (Lipinski definition) is 2. The summed E-state index contributed by atoms with van der Waals surface area (Å²) in [7, 11) is 0. The molecule has 0 saturated heterocycles. The Morgan fingerprint density at radius 2 is 1.91 bits per heavy atom. The highest BCUT2D eigenvalue weighted by Gasteiger charge is 2.30. The molecule has 1 atom stereocenters. The summed E-state index contributed by atoms with van der Waals surface area (Å²) in [5.41, 5.74) is 1.51. The minimum absolute atomic E-state index is 0.0215. The molecule has 0 aliphatic carbocycles. The van der Waals surface area contributed by atoms with Gasteiger partial charge >= 0.3 is 6.09 Å².